The molecule has 0 aliphatic heterocycles. The molecule has 0 aliphatic carbocycles. The highest BCUT2D eigenvalue weighted by atomic mass is 28.1. The van der Waals surface area contributed by atoms with Gasteiger partial charge in [-0.05, 0) is 20.3 Å². The second kappa shape index (κ2) is 3.25. The molecule has 0 aliphatic rings. The van der Waals surface area contributed by atoms with Gasteiger partial charge in [0.05, 0.1) is 5.60 Å². The van der Waals surface area contributed by atoms with Gasteiger partial charge in [-0.2, -0.15) is 0 Å². The van der Waals surface area contributed by atoms with Gasteiger partial charge in [-0.15, -0.1) is 0 Å². The average molecular weight is 132 g/mol. The highest BCUT2D eigenvalue weighted by Crippen LogP contribution is 2.13. The second-order valence-electron chi connectivity index (χ2n) is 2.71. The van der Waals surface area contributed by atoms with Gasteiger partial charge in [-0.1, -0.05) is 6.04 Å². The Kier molecular flexibility index (Phi) is 3.32. The van der Waals surface area contributed by atoms with E-state index in [0.29, 0.717) is 0 Å². The molecule has 0 fully saturated rings. The topological polar surface area (TPSA) is 9.23 Å². The third kappa shape index (κ3) is 3.21. The molecule has 50 valence electrons. The van der Waals surface area contributed by atoms with E-state index in [-0.39, 0.29) is 5.60 Å². The zero-order valence-electron chi connectivity index (χ0n) is 6.32. The standard InChI is InChI=1S/C6H16OSi/c1-6(2,7-3)4-5-8/h4-5H2,1-3,8H3. The fraction of sp³-hybridized carbons (Fsp3) is 1.00. The minimum absolute atomic E-state index is 0.127. The maximum Gasteiger partial charge on any atom is 0.0619 e. The zero-order chi connectivity index (χ0) is 6.62. The summed E-state index contributed by atoms with van der Waals surface area (Å²) in [5, 5.41) is 0. The number of rotatable bonds is 3. The molecule has 0 unspecified atom stereocenters. The molecule has 0 saturated carbocycles. The van der Waals surface area contributed by atoms with E-state index in [0.717, 1.165) is 0 Å². The highest BCUT2D eigenvalue weighted by Gasteiger charge is 2.13. The summed E-state index contributed by atoms with van der Waals surface area (Å²) in [4.78, 5) is 0. The van der Waals surface area contributed by atoms with Crippen LogP contribution in [0.2, 0.25) is 6.04 Å². The van der Waals surface area contributed by atoms with E-state index in [1.165, 1.54) is 22.7 Å². The number of ether oxygens (including phenoxy) is 1. The van der Waals surface area contributed by atoms with Gasteiger partial charge in [0.2, 0.25) is 0 Å². The van der Waals surface area contributed by atoms with E-state index < -0.39 is 0 Å². The summed E-state index contributed by atoms with van der Waals surface area (Å²) in [5.74, 6) is 0. The first-order valence-corrected chi connectivity index (χ1v) is 4.59. The molecule has 0 saturated heterocycles. The minimum atomic E-state index is 0.127. The van der Waals surface area contributed by atoms with Crippen LogP contribution in [-0.2, 0) is 4.74 Å². The first kappa shape index (κ1) is 8.18. The summed E-state index contributed by atoms with van der Waals surface area (Å²) in [6.07, 6.45) is 1.20. The van der Waals surface area contributed by atoms with E-state index in [9.17, 15) is 0 Å². The Bertz CT molecular complexity index is 61.5. The van der Waals surface area contributed by atoms with Crippen molar-refractivity contribution in [3.05, 3.63) is 0 Å². The van der Waals surface area contributed by atoms with Crippen LogP contribution in [0.15, 0.2) is 0 Å². The number of hydrogen-bond acceptors (Lipinski definition) is 1. The van der Waals surface area contributed by atoms with Crippen molar-refractivity contribution < 1.29 is 4.74 Å². The Balaban J connectivity index is 3.37. The molecule has 2 heteroatoms. The lowest BCUT2D eigenvalue weighted by Gasteiger charge is -2.21. The first-order chi connectivity index (χ1) is 3.62. The number of hydrogen-bond donors (Lipinski definition) is 0. The van der Waals surface area contributed by atoms with Gasteiger partial charge in [-0.3, -0.25) is 0 Å². The van der Waals surface area contributed by atoms with Gasteiger partial charge in [0, 0.05) is 17.4 Å². The van der Waals surface area contributed by atoms with Crippen molar-refractivity contribution in [1.82, 2.24) is 0 Å². The van der Waals surface area contributed by atoms with Crippen LogP contribution >= 0.6 is 0 Å². The molecule has 0 heterocycles. The zero-order valence-corrected chi connectivity index (χ0v) is 8.32. The SMILES string of the molecule is COC(C)(C)CC[SiH3]. The predicted octanol–water partition coefficient (Wildman–Crippen LogP) is 0.585. The second-order valence-corrected chi connectivity index (χ2v) is 3.71. The largest absolute Gasteiger partial charge is 0.379 e. The normalized spacial score (nSPS) is 12.4. The lowest BCUT2D eigenvalue weighted by Crippen LogP contribution is -2.21. The van der Waals surface area contributed by atoms with E-state index in [1.54, 1.807) is 7.11 Å². The van der Waals surface area contributed by atoms with Crippen molar-refractivity contribution >= 4 is 10.2 Å². The molecular formula is C6H16OSi. The minimum Gasteiger partial charge on any atom is -0.379 e. The summed E-state index contributed by atoms with van der Waals surface area (Å²) in [6, 6.07) is 1.33. The summed E-state index contributed by atoms with van der Waals surface area (Å²) >= 11 is 0. The molecule has 0 atom stereocenters. The Morgan fingerprint density at radius 1 is 1.50 bits per heavy atom. The van der Waals surface area contributed by atoms with Gasteiger partial charge in [0.1, 0.15) is 0 Å². The Morgan fingerprint density at radius 2 is 2.00 bits per heavy atom. The van der Waals surface area contributed by atoms with Crippen molar-refractivity contribution in [3.8, 4) is 0 Å². The molecule has 0 bridgehead atoms. The fourth-order valence-electron chi connectivity index (χ4n) is 0.704. The third-order valence-electron chi connectivity index (χ3n) is 1.40. The van der Waals surface area contributed by atoms with Crippen LogP contribution in [0.5, 0.6) is 0 Å². The van der Waals surface area contributed by atoms with Gasteiger partial charge in [-0.25, -0.2) is 0 Å². The van der Waals surface area contributed by atoms with Gasteiger partial charge >= 0.3 is 0 Å². The summed E-state index contributed by atoms with van der Waals surface area (Å²) in [5.41, 5.74) is 0.127. The van der Waals surface area contributed by atoms with Crippen LogP contribution in [0, 0.1) is 0 Å². The van der Waals surface area contributed by atoms with Crippen LogP contribution in [0.3, 0.4) is 0 Å². The van der Waals surface area contributed by atoms with E-state index in [2.05, 4.69) is 13.8 Å². The smallest absolute Gasteiger partial charge is 0.0619 e. The summed E-state index contributed by atoms with van der Waals surface area (Å²) in [7, 11) is 3.07. The lowest BCUT2D eigenvalue weighted by molar-refractivity contribution is 0.0198. The van der Waals surface area contributed by atoms with Gasteiger partial charge in [0.15, 0.2) is 0 Å². The molecule has 0 amide bonds. The van der Waals surface area contributed by atoms with Crippen LogP contribution in [0.1, 0.15) is 20.3 Å². The average Bonchev–Trinajstić information content (AvgIpc) is 1.67. The molecule has 0 aromatic heterocycles. The summed E-state index contributed by atoms with van der Waals surface area (Å²) < 4.78 is 5.20. The molecule has 0 spiro atoms. The van der Waals surface area contributed by atoms with Gasteiger partial charge < -0.3 is 4.74 Å². The van der Waals surface area contributed by atoms with E-state index >= 15 is 0 Å². The quantitative estimate of drug-likeness (QED) is 0.511. The molecule has 0 aromatic rings. The molecule has 1 nitrogen and oxygen atoms in total. The Labute approximate surface area is 54.8 Å². The summed E-state index contributed by atoms with van der Waals surface area (Å²) in [6.45, 7) is 4.26. The monoisotopic (exact) mass is 132 g/mol. The van der Waals surface area contributed by atoms with E-state index in [4.69, 9.17) is 4.74 Å². The van der Waals surface area contributed by atoms with E-state index in [1.807, 2.05) is 0 Å². The molecule has 0 aromatic carbocycles. The maximum absolute atomic E-state index is 5.20. The molecule has 8 heavy (non-hydrogen) atoms. The predicted molar refractivity (Wildman–Crippen MR) is 40.5 cm³/mol. The van der Waals surface area contributed by atoms with Crippen LogP contribution in [-0.4, -0.2) is 23.0 Å². The molecule has 0 N–H and O–H groups in total. The molecular weight excluding hydrogens is 116 g/mol. The van der Waals surface area contributed by atoms with Crippen LogP contribution < -0.4 is 0 Å². The van der Waals surface area contributed by atoms with Crippen molar-refractivity contribution in [2.45, 2.75) is 31.9 Å². The fourth-order valence-corrected chi connectivity index (χ4v) is 1.91. The lowest BCUT2D eigenvalue weighted by atomic mass is 10.1. The molecule has 0 radical (unpaired) electrons. The van der Waals surface area contributed by atoms with Crippen molar-refractivity contribution in [2.24, 2.45) is 0 Å². The van der Waals surface area contributed by atoms with Crippen molar-refractivity contribution in [3.63, 3.8) is 0 Å². The van der Waals surface area contributed by atoms with Crippen LogP contribution in [0.4, 0.5) is 0 Å². The first-order valence-electron chi connectivity index (χ1n) is 3.17. The highest BCUT2D eigenvalue weighted by molar-refractivity contribution is 6.08. The Morgan fingerprint density at radius 3 is 2.12 bits per heavy atom. The van der Waals surface area contributed by atoms with Crippen LogP contribution in [0.25, 0.3) is 0 Å². The molecule has 0 rings (SSSR count). The third-order valence-corrected chi connectivity index (χ3v) is 1.90. The maximum atomic E-state index is 5.20. The van der Waals surface area contributed by atoms with Crippen molar-refractivity contribution in [1.29, 1.82) is 0 Å². The number of methoxy groups -OCH3 is 1. The van der Waals surface area contributed by atoms with Gasteiger partial charge in [0.25, 0.3) is 0 Å². The van der Waals surface area contributed by atoms with Crippen molar-refractivity contribution in [2.75, 3.05) is 7.11 Å². The Hall–Kier alpha value is 0.177.